The zero-order chi connectivity index (χ0) is 13.9. The van der Waals surface area contributed by atoms with E-state index in [2.05, 4.69) is 26.8 Å². The molecule has 19 heavy (non-hydrogen) atoms. The van der Waals surface area contributed by atoms with Gasteiger partial charge in [0.25, 0.3) is 0 Å². The summed E-state index contributed by atoms with van der Waals surface area (Å²) in [5, 5.41) is 0. The van der Waals surface area contributed by atoms with Crippen LogP contribution in [0.5, 0.6) is 0 Å². The molecule has 3 atom stereocenters. The third kappa shape index (κ3) is 2.01. The van der Waals surface area contributed by atoms with Crippen LogP contribution in [0.4, 0.5) is 8.78 Å². The first-order valence-electron chi connectivity index (χ1n) is 6.96. The summed E-state index contributed by atoms with van der Waals surface area (Å²) >= 11 is 0. The van der Waals surface area contributed by atoms with E-state index in [4.69, 9.17) is 0 Å². The lowest BCUT2D eigenvalue weighted by atomic mass is 9.85. The van der Waals surface area contributed by atoms with Crippen molar-refractivity contribution < 1.29 is 8.78 Å². The Morgan fingerprint density at radius 2 is 1.68 bits per heavy atom. The summed E-state index contributed by atoms with van der Waals surface area (Å²) in [6.07, 6.45) is 3.21. The topological polar surface area (TPSA) is 0 Å². The minimum absolute atomic E-state index is 0.111. The van der Waals surface area contributed by atoms with Gasteiger partial charge < -0.3 is 0 Å². The monoisotopic (exact) mass is 262 g/mol. The number of hydrogen-bond acceptors (Lipinski definition) is 0. The molecule has 0 radical (unpaired) electrons. The van der Waals surface area contributed by atoms with Gasteiger partial charge >= 0.3 is 0 Å². The molecule has 0 saturated heterocycles. The number of benzene rings is 1. The third-order valence-electron chi connectivity index (χ3n) is 4.73. The summed E-state index contributed by atoms with van der Waals surface area (Å²) in [7, 11) is 0. The van der Waals surface area contributed by atoms with Crippen molar-refractivity contribution in [1.29, 1.82) is 0 Å². The van der Waals surface area contributed by atoms with E-state index in [1.807, 2.05) is 0 Å². The van der Waals surface area contributed by atoms with Gasteiger partial charge in [0.05, 0.1) is 0 Å². The van der Waals surface area contributed by atoms with Crippen LogP contribution in [-0.4, -0.2) is 0 Å². The first kappa shape index (κ1) is 12.8. The molecule has 0 aromatic heterocycles. The molecule has 102 valence electrons. The zero-order valence-corrected chi connectivity index (χ0v) is 11.9. The Kier molecular flexibility index (Phi) is 2.64. The zero-order valence-electron chi connectivity index (χ0n) is 11.9. The van der Waals surface area contributed by atoms with Crippen molar-refractivity contribution in [2.45, 2.75) is 34.1 Å². The van der Waals surface area contributed by atoms with Crippen molar-refractivity contribution in [2.24, 2.45) is 23.2 Å². The highest BCUT2D eigenvalue weighted by Gasteiger charge is 2.57. The summed E-state index contributed by atoms with van der Waals surface area (Å²) in [6, 6.07) is 2.95. The second-order valence-corrected chi connectivity index (χ2v) is 7.09. The van der Waals surface area contributed by atoms with Crippen molar-refractivity contribution in [3.05, 3.63) is 41.0 Å². The summed E-state index contributed by atoms with van der Waals surface area (Å²) in [5.41, 5.74) is 2.29. The molecular weight excluding hydrogens is 242 g/mol. The van der Waals surface area contributed by atoms with Crippen molar-refractivity contribution >= 4 is 5.57 Å². The molecule has 0 nitrogen and oxygen atoms in total. The van der Waals surface area contributed by atoms with Gasteiger partial charge in [0, 0.05) is 5.56 Å². The van der Waals surface area contributed by atoms with Crippen molar-refractivity contribution in [1.82, 2.24) is 0 Å². The van der Waals surface area contributed by atoms with Crippen LogP contribution in [0.15, 0.2) is 18.2 Å². The smallest absolute Gasteiger partial charge is 0.129 e. The van der Waals surface area contributed by atoms with Crippen molar-refractivity contribution in [2.75, 3.05) is 0 Å². The molecule has 0 bridgehead atoms. The SMILES string of the molecule is Cc1c(F)cc(C2=CC3C(C2)C3C(C)(C)C)cc1F. The summed E-state index contributed by atoms with van der Waals surface area (Å²) < 4.78 is 27.2. The first-order valence-corrected chi connectivity index (χ1v) is 6.96. The predicted molar refractivity (Wildman–Crippen MR) is 73.6 cm³/mol. The van der Waals surface area contributed by atoms with Gasteiger partial charge in [0.1, 0.15) is 11.6 Å². The third-order valence-corrected chi connectivity index (χ3v) is 4.73. The first-order chi connectivity index (χ1) is 8.79. The van der Waals surface area contributed by atoms with Crippen LogP contribution in [-0.2, 0) is 0 Å². The van der Waals surface area contributed by atoms with Gasteiger partial charge in [-0.3, -0.25) is 0 Å². The second kappa shape index (κ2) is 3.91. The molecule has 3 unspecified atom stereocenters. The Labute approximate surface area is 113 Å². The van der Waals surface area contributed by atoms with Crippen LogP contribution in [0.3, 0.4) is 0 Å². The molecule has 1 aromatic carbocycles. The Hall–Kier alpha value is -1.18. The molecule has 2 heteroatoms. The van der Waals surface area contributed by atoms with E-state index in [0.29, 0.717) is 17.3 Å². The summed E-state index contributed by atoms with van der Waals surface area (Å²) in [6.45, 7) is 8.29. The Morgan fingerprint density at radius 3 is 2.11 bits per heavy atom. The maximum atomic E-state index is 13.6. The standard InChI is InChI=1S/C17H20F2/c1-9-14(18)7-11(8-15(9)19)10-5-12-13(6-10)16(12)17(2,3)4/h5,7-8,12-13,16H,6H2,1-4H3. The van der Waals surface area contributed by atoms with Crippen LogP contribution < -0.4 is 0 Å². The molecule has 1 fully saturated rings. The van der Waals surface area contributed by atoms with Gasteiger partial charge in [-0.05, 0) is 59.8 Å². The van der Waals surface area contributed by atoms with Gasteiger partial charge in [0.2, 0.25) is 0 Å². The normalized spacial score (nSPS) is 29.2. The number of fused-ring (bicyclic) bond motifs is 1. The molecule has 2 aliphatic carbocycles. The summed E-state index contributed by atoms with van der Waals surface area (Å²) in [4.78, 5) is 0. The Balaban J connectivity index is 1.86. The number of halogens is 2. The van der Waals surface area contributed by atoms with E-state index in [-0.39, 0.29) is 5.56 Å². The van der Waals surface area contributed by atoms with E-state index in [9.17, 15) is 8.78 Å². The van der Waals surface area contributed by atoms with Gasteiger partial charge in [-0.2, -0.15) is 0 Å². The largest absolute Gasteiger partial charge is 0.207 e. The lowest BCUT2D eigenvalue weighted by Gasteiger charge is -2.20. The lowest BCUT2D eigenvalue weighted by molar-refractivity contribution is 0.322. The molecule has 0 spiro atoms. The fraction of sp³-hybridized carbons (Fsp3) is 0.529. The molecular formula is C17H20F2. The van der Waals surface area contributed by atoms with E-state index in [1.165, 1.54) is 19.1 Å². The Bertz CT molecular complexity index is 540. The molecule has 2 aliphatic rings. The minimum Gasteiger partial charge on any atom is -0.207 e. The molecule has 1 aromatic rings. The minimum atomic E-state index is -0.441. The van der Waals surface area contributed by atoms with Crippen LogP contribution in [0.25, 0.3) is 5.57 Å². The van der Waals surface area contributed by atoms with Crippen molar-refractivity contribution in [3.8, 4) is 0 Å². The van der Waals surface area contributed by atoms with Crippen LogP contribution in [0.1, 0.15) is 38.3 Å². The van der Waals surface area contributed by atoms with E-state index in [1.54, 1.807) is 0 Å². The summed E-state index contributed by atoms with van der Waals surface area (Å²) in [5.74, 6) is 1.15. The number of allylic oxidation sites excluding steroid dienone is 2. The molecule has 0 aliphatic heterocycles. The molecule has 1 saturated carbocycles. The highest BCUT2D eigenvalue weighted by Crippen LogP contribution is 2.64. The van der Waals surface area contributed by atoms with Gasteiger partial charge in [-0.25, -0.2) is 8.78 Å². The Morgan fingerprint density at radius 1 is 1.11 bits per heavy atom. The maximum absolute atomic E-state index is 13.6. The van der Waals surface area contributed by atoms with Gasteiger partial charge in [-0.15, -0.1) is 0 Å². The quantitative estimate of drug-likeness (QED) is 0.670. The van der Waals surface area contributed by atoms with Gasteiger partial charge in [0.15, 0.2) is 0 Å². The second-order valence-electron chi connectivity index (χ2n) is 7.09. The molecule has 3 rings (SSSR count). The van der Waals surface area contributed by atoms with E-state index >= 15 is 0 Å². The van der Waals surface area contributed by atoms with Crippen LogP contribution in [0, 0.1) is 41.7 Å². The predicted octanol–water partition coefficient (Wildman–Crippen LogP) is 4.97. The van der Waals surface area contributed by atoms with Crippen LogP contribution >= 0.6 is 0 Å². The van der Waals surface area contributed by atoms with Crippen molar-refractivity contribution in [3.63, 3.8) is 0 Å². The maximum Gasteiger partial charge on any atom is 0.129 e. The average Bonchev–Trinajstić information content (AvgIpc) is 2.83. The fourth-order valence-corrected chi connectivity index (χ4v) is 3.71. The van der Waals surface area contributed by atoms with Gasteiger partial charge in [-0.1, -0.05) is 26.8 Å². The fourth-order valence-electron chi connectivity index (χ4n) is 3.71. The van der Waals surface area contributed by atoms with Crippen LogP contribution in [0.2, 0.25) is 0 Å². The number of rotatable bonds is 1. The highest BCUT2D eigenvalue weighted by atomic mass is 19.1. The average molecular weight is 262 g/mol. The highest BCUT2D eigenvalue weighted by molar-refractivity contribution is 5.70. The lowest BCUT2D eigenvalue weighted by Crippen LogP contribution is -2.11. The molecule has 0 heterocycles. The molecule has 0 N–H and O–H groups in total. The molecule has 0 amide bonds. The number of hydrogen-bond donors (Lipinski definition) is 0. The van der Waals surface area contributed by atoms with E-state index in [0.717, 1.165) is 23.5 Å². The van der Waals surface area contributed by atoms with E-state index < -0.39 is 11.6 Å².